The third-order valence-corrected chi connectivity index (χ3v) is 5.02. The molecule has 1 amide bonds. The normalized spacial score (nSPS) is 23.5. The zero-order valence-electron chi connectivity index (χ0n) is 14.0. The number of fused-ring (bicyclic) bond motifs is 1. The Balaban J connectivity index is 1.47. The van der Waals surface area contributed by atoms with Crippen molar-refractivity contribution in [3.8, 4) is 0 Å². The van der Waals surface area contributed by atoms with Crippen molar-refractivity contribution in [3.05, 3.63) is 71.5 Å². The molecule has 0 bridgehead atoms. The highest BCUT2D eigenvalue weighted by atomic mass is 19.1. The molecule has 0 N–H and O–H groups in total. The standard InChI is InChI=1S/C20H21FN2O2/c21-17-8-6-16(7-9-17)20(24)23-13-18-19(14-23)25-11-10-22(18)12-15-4-2-1-3-5-15/h1-9,18-19H,10-14H2/t18-,19-/m0/s1. The van der Waals surface area contributed by atoms with Gasteiger partial charge in [0.1, 0.15) is 5.82 Å². The Labute approximate surface area is 146 Å². The minimum Gasteiger partial charge on any atom is -0.373 e. The van der Waals surface area contributed by atoms with Gasteiger partial charge in [0.05, 0.1) is 18.8 Å². The van der Waals surface area contributed by atoms with Gasteiger partial charge in [-0.3, -0.25) is 9.69 Å². The fourth-order valence-corrected chi connectivity index (χ4v) is 3.71. The first kappa shape index (κ1) is 16.2. The second kappa shape index (κ2) is 6.94. The molecule has 0 radical (unpaired) electrons. The number of likely N-dealkylation sites (tertiary alicyclic amines) is 1. The SMILES string of the molecule is O=C(c1ccc(F)cc1)N1C[C@@H]2OCCN(Cc3ccccc3)[C@H]2C1. The Hall–Kier alpha value is -2.24. The van der Waals surface area contributed by atoms with Crippen LogP contribution >= 0.6 is 0 Å². The largest absolute Gasteiger partial charge is 0.373 e. The number of hydrogen-bond donors (Lipinski definition) is 0. The Morgan fingerprint density at radius 3 is 2.60 bits per heavy atom. The number of hydrogen-bond acceptors (Lipinski definition) is 3. The lowest BCUT2D eigenvalue weighted by Gasteiger charge is -2.36. The van der Waals surface area contributed by atoms with Gasteiger partial charge in [0.25, 0.3) is 5.91 Å². The maximum absolute atomic E-state index is 13.1. The van der Waals surface area contributed by atoms with Gasteiger partial charge in [-0.25, -0.2) is 4.39 Å². The van der Waals surface area contributed by atoms with Crippen LogP contribution in [0.2, 0.25) is 0 Å². The number of amides is 1. The van der Waals surface area contributed by atoms with E-state index in [2.05, 4.69) is 17.0 Å². The van der Waals surface area contributed by atoms with Crippen LogP contribution in [0.1, 0.15) is 15.9 Å². The van der Waals surface area contributed by atoms with E-state index in [1.807, 2.05) is 23.1 Å². The Bertz CT molecular complexity index is 735. The number of morpholine rings is 1. The third kappa shape index (κ3) is 3.43. The molecule has 25 heavy (non-hydrogen) atoms. The van der Waals surface area contributed by atoms with Crippen LogP contribution in [0.5, 0.6) is 0 Å². The number of nitrogens with zero attached hydrogens (tertiary/aromatic N) is 2. The van der Waals surface area contributed by atoms with E-state index in [1.54, 1.807) is 12.1 Å². The van der Waals surface area contributed by atoms with E-state index in [4.69, 9.17) is 4.74 Å². The van der Waals surface area contributed by atoms with Gasteiger partial charge in [-0.2, -0.15) is 0 Å². The summed E-state index contributed by atoms with van der Waals surface area (Å²) in [5.41, 5.74) is 1.79. The number of halogens is 1. The van der Waals surface area contributed by atoms with Crippen molar-refractivity contribution < 1.29 is 13.9 Å². The highest BCUT2D eigenvalue weighted by Gasteiger charge is 2.41. The van der Waals surface area contributed by atoms with E-state index in [9.17, 15) is 9.18 Å². The van der Waals surface area contributed by atoms with Crippen molar-refractivity contribution in [1.82, 2.24) is 9.80 Å². The predicted octanol–water partition coefficient (Wildman–Crippen LogP) is 2.55. The van der Waals surface area contributed by atoms with E-state index >= 15 is 0 Å². The molecule has 2 aromatic rings. The molecular formula is C20H21FN2O2. The van der Waals surface area contributed by atoms with Crippen LogP contribution < -0.4 is 0 Å². The molecule has 2 atom stereocenters. The first-order chi connectivity index (χ1) is 12.2. The van der Waals surface area contributed by atoms with Gasteiger partial charge in [0, 0.05) is 31.7 Å². The fourth-order valence-electron chi connectivity index (χ4n) is 3.71. The van der Waals surface area contributed by atoms with Gasteiger partial charge in [-0.1, -0.05) is 30.3 Å². The molecule has 5 heteroatoms. The van der Waals surface area contributed by atoms with Crippen molar-refractivity contribution in [1.29, 1.82) is 0 Å². The Kier molecular flexibility index (Phi) is 4.51. The summed E-state index contributed by atoms with van der Waals surface area (Å²) in [7, 11) is 0. The minimum absolute atomic E-state index is 0.0434. The van der Waals surface area contributed by atoms with Gasteiger partial charge < -0.3 is 9.64 Å². The number of benzene rings is 2. The van der Waals surface area contributed by atoms with Crippen LogP contribution in [0.4, 0.5) is 4.39 Å². The van der Waals surface area contributed by atoms with E-state index in [1.165, 1.54) is 17.7 Å². The topological polar surface area (TPSA) is 32.8 Å². The molecular weight excluding hydrogens is 319 g/mol. The quantitative estimate of drug-likeness (QED) is 0.861. The fraction of sp³-hybridized carbons (Fsp3) is 0.350. The molecule has 4 rings (SSSR count). The zero-order chi connectivity index (χ0) is 17.2. The van der Waals surface area contributed by atoms with Crippen LogP contribution in [-0.2, 0) is 11.3 Å². The summed E-state index contributed by atoms with van der Waals surface area (Å²) in [5, 5.41) is 0. The van der Waals surface area contributed by atoms with Crippen molar-refractivity contribution in [2.24, 2.45) is 0 Å². The number of carbonyl (C=O) groups excluding carboxylic acids is 1. The van der Waals surface area contributed by atoms with Gasteiger partial charge in [0.15, 0.2) is 0 Å². The summed E-state index contributed by atoms with van der Waals surface area (Å²) in [6.45, 7) is 3.66. The molecule has 0 unspecified atom stereocenters. The molecule has 2 heterocycles. The number of ether oxygens (including phenoxy) is 1. The maximum Gasteiger partial charge on any atom is 0.254 e. The van der Waals surface area contributed by atoms with Gasteiger partial charge in [-0.15, -0.1) is 0 Å². The molecule has 2 aliphatic heterocycles. The van der Waals surface area contributed by atoms with Crippen molar-refractivity contribution in [2.45, 2.75) is 18.7 Å². The zero-order valence-corrected chi connectivity index (χ0v) is 14.0. The van der Waals surface area contributed by atoms with E-state index in [0.29, 0.717) is 25.3 Å². The summed E-state index contributed by atoms with van der Waals surface area (Å²) < 4.78 is 19.0. The first-order valence-corrected chi connectivity index (χ1v) is 8.65. The van der Waals surface area contributed by atoms with Crippen molar-refractivity contribution in [2.75, 3.05) is 26.2 Å². The molecule has 2 aromatic carbocycles. The van der Waals surface area contributed by atoms with E-state index in [-0.39, 0.29) is 23.9 Å². The lowest BCUT2D eigenvalue weighted by atomic mass is 10.1. The second-order valence-electron chi connectivity index (χ2n) is 6.65. The van der Waals surface area contributed by atoms with Gasteiger partial charge in [0.2, 0.25) is 0 Å². The summed E-state index contributed by atoms with van der Waals surface area (Å²) >= 11 is 0. The molecule has 2 aliphatic rings. The highest BCUT2D eigenvalue weighted by molar-refractivity contribution is 5.94. The lowest BCUT2D eigenvalue weighted by molar-refractivity contribution is -0.0503. The average molecular weight is 340 g/mol. The minimum atomic E-state index is -0.330. The number of carbonyl (C=O) groups is 1. The molecule has 130 valence electrons. The average Bonchev–Trinajstić information content (AvgIpc) is 3.08. The Morgan fingerprint density at radius 2 is 1.84 bits per heavy atom. The van der Waals surface area contributed by atoms with E-state index < -0.39 is 0 Å². The highest BCUT2D eigenvalue weighted by Crippen LogP contribution is 2.25. The summed E-state index contributed by atoms with van der Waals surface area (Å²) in [6, 6.07) is 16.3. The van der Waals surface area contributed by atoms with Crippen LogP contribution in [0.3, 0.4) is 0 Å². The van der Waals surface area contributed by atoms with Crippen LogP contribution in [0.15, 0.2) is 54.6 Å². The molecule has 4 nitrogen and oxygen atoms in total. The first-order valence-electron chi connectivity index (χ1n) is 8.65. The van der Waals surface area contributed by atoms with Crippen molar-refractivity contribution >= 4 is 5.91 Å². The molecule has 0 spiro atoms. The molecule has 0 aromatic heterocycles. The van der Waals surface area contributed by atoms with Crippen molar-refractivity contribution in [3.63, 3.8) is 0 Å². The predicted molar refractivity (Wildman–Crippen MR) is 92.7 cm³/mol. The van der Waals surface area contributed by atoms with Gasteiger partial charge >= 0.3 is 0 Å². The second-order valence-corrected chi connectivity index (χ2v) is 6.65. The molecule has 2 fully saturated rings. The van der Waals surface area contributed by atoms with Crippen LogP contribution in [-0.4, -0.2) is 54.1 Å². The Morgan fingerprint density at radius 1 is 1.08 bits per heavy atom. The summed E-state index contributed by atoms with van der Waals surface area (Å²) in [4.78, 5) is 16.9. The van der Waals surface area contributed by atoms with Crippen LogP contribution in [0.25, 0.3) is 0 Å². The van der Waals surface area contributed by atoms with Crippen LogP contribution in [0, 0.1) is 5.82 Å². The monoisotopic (exact) mass is 340 g/mol. The number of rotatable bonds is 3. The third-order valence-electron chi connectivity index (χ3n) is 5.02. The maximum atomic E-state index is 13.1. The summed E-state index contributed by atoms with van der Waals surface area (Å²) in [5.74, 6) is -0.387. The molecule has 0 saturated carbocycles. The van der Waals surface area contributed by atoms with E-state index in [0.717, 1.165) is 13.1 Å². The van der Waals surface area contributed by atoms with Gasteiger partial charge in [-0.05, 0) is 29.8 Å². The molecule has 2 saturated heterocycles. The lowest BCUT2D eigenvalue weighted by Crippen LogP contribution is -2.50. The smallest absolute Gasteiger partial charge is 0.254 e. The summed E-state index contributed by atoms with van der Waals surface area (Å²) in [6.07, 6.45) is 0.0434. The molecule has 0 aliphatic carbocycles.